The Kier molecular flexibility index (Phi) is 3.80. The smallest absolute Gasteiger partial charge is 0.231 e. The number of anilines is 2. The number of amides is 1. The van der Waals surface area contributed by atoms with E-state index in [1.807, 2.05) is 6.92 Å². The fourth-order valence-electron chi connectivity index (χ4n) is 2.33. The molecule has 1 aromatic carbocycles. The first kappa shape index (κ1) is 13.9. The van der Waals surface area contributed by atoms with Crippen molar-refractivity contribution in [1.82, 2.24) is 0 Å². The summed E-state index contributed by atoms with van der Waals surface area (Å²) >= 11 is 0. The van der Waals surface area contributed by atoms with Gasteiger partial charge < -0.3 is 10.6 Å². The topological polar surface area (TPSA) is 80.5 Å². The van der Waals surface area contributed by atoms with Crippen molar-refractivity contribution < 1.29 is 13.2 Å². The zero-order chi connectivity index (χ0) is 14.0. The molecule has 0 spiro atoms. The minimum absolute atomic E-state index is 0.0305. The normalized spacial score (nSPS) is 21.2. The second-order valence-electron chi connectivity index (χ2n) is 4.77. The number of hydrogen-bond acceptors (Lipinski definition) is 4. The van der Waals surface area contributed by atoms with E-state index in [1.165, 1.54) is 0 Å². The standard InChI is InChI=1S/C13H18N2O3S/c1-2-15(12-5-3-11(14)4-6-12)13(16)10-7-8-19(17,18)9-10/h3-6,10H,2,7-9,14H2,1H3. The zero-order valence-electron chi connectivity index (χ0n) is 10.9. The van der Waals surface area contributed by atoms with Crippen molar-refractivity contribution in [2.45, 2.75) is 13.3 Å². The molecule has 1 unspecified atom stereocenters. The first-order valence-corrected chi connectivity index (χ1v) is 8.12. The van der Waals surface area contributed by atoms with Crippen LogP contribution in [0.5, 0.6) is 0 Å². The minimum Gasteiger partial charge on any atom is -0.399 e. The third-order valence-corrected chi connectivity index (χ3v) is 5.14. The van der Waals surface area contributed by atoms with E-state index in [4.69, 9.17) is 5.73 Å². The van der Waals surface area contributed by atoms with E-state index in [9.17, 15) is 13.2 Å². The molecule has 1 amide bonds. The monoisotopic (exact) mass is 282 g/mol. The molecule has 1 aromatic rings. The third kappa shape index (κ3) is 3.07. The molecule has 0 aromatic heterocycles. The maximum atomic E-state index is 12.4. The molecule has 0 aliphatic carbocycles. The lowest BCUT2D eigenvalue weighted by molar-refractivity contribution is -0.121. The van der Waals surface area contributed by atoms with Crippen molar-refractivity contribution in [2.24, 2.45) is 5.92 Å². The van der Waals surface area contributed by atoms with Crippen molar-refractivity contribution in [3.63, 3.8) is 0 Å². The van der Waals surface area contributed by atoms with Gasteiger partial charge in [-0.25, -0.2) is 8.42 Å². The summed E-state index contributed by atoms with van der Waals surface area (Å²) in [5.74, 6) is -0.448. The summed E-state index contributed by atoms with van der Waals surface area (Å²) in [4.78, 5) is 14.0. The SMILES string of the molecule is CCN(C(=O)C1CCS(=O)(=O)C1)c1ccc(N)cc1. The van der Waals surface area contributed by atoms with E-state index >= 15 is 0 Å². The molecular formula is C13H18N2O3S. The summed E-state index contributed by atoms with van der Waals surface area (Å²) < 4.78 is 22.9. The number of hydrogen-bond donors (Lipinski definition) is 1. The van der Waals surface area contributed by atoms with E-state index in [0.717, 1.165) is 5.69 Å². The van der Waals surface area contributed by atoms with E-state index in [1.54, 1.807) is 29.2 Å². The number of nitrogens with zero attached hydrogens (tertiary/aromatic N) is 1. The lowest BCUT2D eigenvalue weighted by atomic mass is 10.1. The van der Waals surface area contributed by atoms with E-state index in [2.05, 4.69) is 0 Å². The van der Waals surface area contributed by atoms with Gasteiger partial charge in [-0.15, -0.1) is 0 Å². The van der Waals surface area contributed by atoms with Crippen LogP contribution >= 0.6 is 0 Å². The third-order valence-electron chi connectivity index (χ3n) is 3.37. The fraction of sp³-hybridized carbons (Fsp3) is 0.462. The minimum atomic E-state index is -3.04. The summed E-state index contributed by atoms with van der Waals surface area (Å²) in [5, 5.41) is 0. The highest BCUT2D eigenvalue weighted by molar-refractivity contribution is 7.91. The van der Waals surface area contributed by atoms with Gasteiger partial charge in [0.25, 0.3) is 0 Å². The van der Waals surface area contributed by atoms with Gasteiger partial charge in [-0.3, -0.25) is 4.79 Å². The summed E-state index contributed by atoms with van der Waals surface area (Å²) in [7, 11) is -3.04. The van der Waals surface area contributed by atoms with Crippen LogP contribution in [0.25, 0.3) is 0 Å². The Balaban J connectivity index is 2.18. The summed E-state index contributed by atoms with van der Waals surface area (Å²) in [6.45, 7) is 2.39. The van der Waals surface area contributed by atoms with Gasteiger partial charge in [-0.2, -0.15) is 0 Å². The van der Waals surface area contributed by atoms with Gasteiger partial charge in [0.15, 0.2) is 9.84 Å². The largest absolute Gasteiger partial charge is 0.399 e. The highest BCUT2D eigenvalue weighted by Crippen LogP contribution is 2.24. The number of sulfone groups is 1. The maximum absolute atomic E-state index is 12.4. The Morgan fingerprint density at radius 1 is 1.37 bits per heavy atom. The Bertz CT molecular complexity index is 566. The molecule has 0 saturated carbocycles. The maximum Gasteiger partial charge on any atom is 0.231 e. The van der Waals surface area contributed by atoms with Crippen LogP contribution in [0.2, 0.25) is 0 Å². The number of nitrogens with two attached hydrogens (primary N) is 1. The molecule has 0 radical (unpaired) electrons. The van der Waals surface area contributed by atoms with Gasteiger partial charge in [0.05, 0.1) is 17.4 Å². The van der Waals surface area contributed by atoms with Crippen molar-refractivity contribution in [2.75, 3.05) is 28.7 Å². The van der Waals surface area contributed by atoms with E-state index < -0.39 is 15.8 Å². The Labute approximate surface area is 113 Å². The average Bonchev–Trinajstić information content (AvgIpc) is 2.73. The fourth-order valence-corrected chi connectivity index (χ4v) is 4.06. The van der Waals surface area contributed by atoms with Gasteiger partial charge in [0.1, 0.15) is 0 Å². The number of carbonyl (C=O) groups is 1. The highest BCUT2D eigenvalue weighted by Gasteiger charge is 2.35. The van der Waals surface area contributed by atoms with E-state index in [0.29, 0.717) is 18.7 Å². The van der Waals surface area contributed by atoms with Crippen LogP contribution < -0.4 is 10.6 Å². The van der Waals surface area contributed by atoms with Crippen molar-refractivity contribution >= 4 is 27.1 Å². The summed E-state index contributed by atoms with van der Waals surface area (Å²) in [5.41, 5.74) is 7.01. The van der Waals surface area contributed by atoms with Crippen molar-refractivity contribution in [3.8, 4) is 0 Å². The van der Waals surface area contributed by atoms with Crippen LogP contribution in [0.15, 0.2) is 24.3 Å². The van der Waals surface area contributed by atoms with Crippen LogP contribution in [0.4, 0.5) is 11.4 Å². The van der Waals surface area contributed by atoms with Crippen molar-refractivity contribution in [1.29, 1.82) is 0 Å². The summed E-state index contributed by atoms with van der Waals surface area (Å²) in [6.07, 6.45) is 0.423. The second kappa shape index (κ2) is 5.21. The highest BCUT2D eigenvalue weighted by atomic mass is 32.2. The van der Waals surface area contributed by atoms with Crippen LogP contribution in [0.3, 0.4) is 0 Å². The van der Waals surface area contributed by atoms with Crippen LogP contribution in [-0.2, 0) is 14.6 Å². The van der Waals surface area contributed by atoms with Crippen LogP contribution in [-0.4, -0.2) is 32.4 Å². The van der Waals surface area contributed by atoms with Gasteiger partial charge in [0.2, 0.25) is 5.91 Å². The molecule has 19 heavy (non-hydrogen) atoms. The molecule has 104 valence electrons. The Morgan fingerprint density at radius 3 is 2.47 bits per heavy atom. The van der Waals surface area contributed by atoms with Crippen LogP contribution in [0, 0.1) is 5.92 Å². The lowest BCUT2D eigenvalue weighted by Crippen LogP contribution is -2.36. The van der Waals surface area contributed by atoms with Gasteiger partial charge in [-0.05, 0) is 37.6 Å². The summed E-state index contributed by atoms with van der Waals surface area (Å²) in [6, 6.07) is 7.02. The quantitative estimate of drug-likeness (QED) is 0.840. The molecular weight excluding hydrogens is 264 g/mol. The first-order valence-electron chi connectivity index (χ1n) is 6.30. The predicted molar refractivity (Wildman–Crippen MR) is 75.6 cm³/mol. The number of carbonyl (C=O) groups excluding carboxylic acids is 1. The number of rotatable bonds is 3. The molecule has 0 bridgehead atoms. The molecule has 1 atom stereocenters. The molecule has 1 aliphatic rings. The molecule has 2 rings (SSSR count). The van der Waals surface area contributed by atoms with E-state index in [-0.39, 0.29) is 17.4 Å². The number of nitrogen functional groups attached to an aromatic ring is 1. The van der Waals surface area contributed by atoms with Crippen molar-refractivity contribution in [3.05, 3.63) is 24.3 Å². The molecule has 1 aliphatic heterocycles. The van der Waals surface area contributed by atoms with Gasteiger partial charge in [0, 0.05) is 17.9 Å². The average molecular weight is 282 g/mol. The molecule has 5 nitrogen and oxygen atoms in total. The molecule has 6 heteroatoms. The molecule has 1 saturated heterocycles. The van der Waals surface area contributed by atoms with Gasteiger partial charge in [-0.1, -0.05) is 0 Å². The predicted octanol–water partition coefficient (Wildman–Crippen LogP) is 1.06. The lowest BCUT2D eigenvalue weighted by Gasteiger charge is -2.24. The second-order valence-corrected chi connectivity index (χ2v) is 7.00. The molecule has 1 fully saturated rings. The molecule has 1 heterocycles. The Morgan fingerprint density at radius 2 is 2.00 bits per heavy atom. The first-order chi connectivity index (χ1) is 8.93. The van der Waals surface area contributed by atoms with Crippen LogP contribution in [0.1, 0.15) is 13.3 Å². The number of benzene rings is 1. The zero-order valence-corrected chi connectivity index (χ0v) is 11.7. The van der Waals surface area contributed by atoms with Gasteiger partial charge >= 0.3 is 0 Å². The Hall–Kier alpha value is -1.56. The molecule has 2 N–H and O–H groups in total.